The summed E-state index contributed by atoms with van der Waals surface area (Å²) in [5.74, 6) is -0.171. The molecule has 106 valence electrons. The monoisotopic (exact) mass is 274 g/mol. The normalized spacial score (nSPS) is 12.2. The second-order valence-electron chi connectivity index (χ2n) is 4.42. The highest BCUT2D eigenvalue weighted by atomic mass is 16.5. The number of aromatic nitrogens is 1. The van der Waals surface area contributed by atoms with Crippen LogP contribution in [-0.2, 0) is 4.79 Å². The van der Waals surface area contributed by atoms with Crippen LogP contribution in [0.1, 0.15) is 13.3 Å². The van der Waals surface area contributed by atoms with E-state index in [4.69, 9.17) is 9.84 Å². The number of carbonyl (C=O) groups is 1. The highest BCUT2D eigenvalue weighted by Crippen LogP contribution is 2.22. The summed E-state index contributed by atoms with van der Waals surface area (Å²) >= 11 is 0. The predicted octanol–water partition coefficient (Wildman–Crippen LogP) is 2.07. The Hall–Kier alpha value is -2.14. The Balaban J connectivity index is 2.01. The molecule has 2 N–H and O–H groups in total. The van der Waals surface area contributed by atoms with Crippen LogP contribution in [-0.4, -0.2) is 35.3 Å². The molecule has 0 saturated carbocycles. The number of nitrogens with one attached hydrogen (secondary N) is 1. The van der Waals surface area contributed by atoms with Gasteiger partial charge in [0.2, 0.25) is 0 Å². The molecule has 0 aliphatic rings. The van der Waals surface area contributed by atoms with Gasteiger partial charge in [-0.15, -0.1) is 0 Å². The summed E-state index contributed by atoms with van der Waals surface area (Å²) in [5, 5.41) is 13.0. The summed E-state index contributed by atoms with van der Waals surface area (Å²) < 4.78 is 5.68. The first kappa shape index (κ1) is 14.3. The van der Waals surface area contributed by atoms with Crippen LogP contribution in [0.4, 0.5) is 0 Å². The van der Waals surface area contributed by atoms with E-state index in [1.54, 1.807) is 6.20 Å². The van der Waals surface area contributed by atoms with Crippen molar-refractivity contribution in [1.29, 1.82) is 0 Å². The number of aliphatic carboxylic acids is 1. The van der Waals surface area contributed by atoms with E-state index in [-0.39, 0.29) is 0 Å². The zero-order valence-corrected chi connectivity index (χ0v) is 11.4. The summed E-state index contributed by atoms with van der Waals surface area (Å²) in [6.45, 7) is 2.83. The number of fused-ring (bicyclic) bond motifs is 1. The van der Waals surface area contributed by atoms with Crippen molar-refractivity contribution >= 4 is 16.9 Å². The number of nitrogens with zero attached hydrogens (tertiary/aromatic N) is 1. The first-order chi connectivity index (χ1) is 9.72. The van der Waals surface area contributed by atoms with Crippen LogP contribution < -0.4 is 10.1 Å². The van der Waals surface area contributed by atoms with Crippen molar-refractivity contribution < 1.29 is 14.6 Å². The number of likely N-dealkylation sites (N-methyl/N-ethyl adjacent to an activating group) is 1. The number of rotatable bonds is 7. The number of pyridine rings is 1. The number of carboxylic acids is 1. The molecule has 2 rings (SSSR count). The largest absolute Gasteiger partial charge is 0.491 e. The van der Waals surface area contributed by atoms with Crippen LogP contribution in [0.5, 0.6) is 5.75 Å². The highest BCUT2D eigenvalue weighted by molar-refractivity contribution is 5.84. The predicted molar refractivity (Wildman–Crippen MR) is 77.0 cm³/mol. The van der Waals surface area contributed by atoms with Gasteiger partial charge in [0.05, 0.1) is 6.61 Å². The summed E-state index contributed by atoms with van der Waals surface area (Å²) in [5.41, 5.74) is 0.797. The molecule has 1 unspecified atom stereocenters. The van der Waals surface area contributed by atoms with Gasteiger partial charge in [-0.25, -0.2) is 0 Å². The fourth-order valence-electron chi connectivity index (χ4n) is 2.04. The van der Waals surface area contributed by atoms with Crippen molar-refractivity contribution in [3.05, 3.63) is 36.5 Å². The van der Waals surface area contributed by atoms with Crippen molar-refractivity contribution in [2.24, 2.45) is 0 Å². The molecule has 1 aromatic heterocycles. The van der Waals surface area contributed by atoms with E-state index in [1.165, 1.54) is 0 Å². The smallest absolute Gasteiger partial charge is 0.320 e. The molecule has 5 nitrogen and oxygen atoms in total. The lowest BCUT2D eigenvalue weighted by Crippen LogP contribution is -2.37. The third-order valence-electron chi connectivity index (χ3n) is 3.01. The average Bonchev–Trinajstić information content (AvgIpc) is 2.46. The Kier molecular flexibility index (Phi) is 4.90. The Labute approximate surface area is 117 Å². The molecule has 20 heavy (non-hydrogen) atoms. The first-order valence-electron chi connectivity index (χ1n) is 6.65. The van der Waals surface area contributed by atoms with Crippen LogP contribution in [0, 0.1) is 0 Å². The fourth-order valence-corrected chi connectivity index (χ4v) is 2.04. The van der Waals surface area contributed by atoms with Crippen molar-refractivity contribution in [2.45, 2.75) is 19.4 Å². The summed E-state index contributed by atoms with van der Waals surface area (Å²) in [7, 11) is 0. The average molecular weight is 274 g/mol. The van der Waals surface area contributed by atoms with Crippen molar-refractivity contribution in [1.82, 2.24) is 10.3 Å². The molecule has 0 bridgehead atoms. The van der Waals surface area contributed by atoms with Crippen LogP contribution in [0.3, 0.4) is 0 Å². The van der Waals surface area contributed by atoms with Gasteiger partial charge in [0.25, 0.3) is 0 Å². The van der Waals surface area contributed by atoms with E-state index in [1.807, 2.05) is 37.3 Å². The van der Waals surface area contributed by atoms with E-state index in [0.717, 1.165) is 10.9 Å². The van der Waals surface area contributed by atoms with Gasteiger partial charge in [-0.05, 0) is 18.7 Å². The maximum absolute atomic E-state index is 11.0. The summed E-state index contributed by atoms with van der Waals surface area (Å²) in [6.07, 6.45) is 2.13. The van der Waals surface area contributed by atoms with E-state index < -0.39 is 12.0 Å². The summed E-state index contributed by atoms with van der Waals surface area (Å²) in [4.78, 5) is 15.3. The minimum atomic E-state index is -0.855. The molecule has 5 heteroatoms. The molecule has 0 radical (unpaired) electrons. The Bertz CT molecular complexity index is 581. The Morgan fingerprint density at radius 1 is 1.40 bits per heavy atom. The maximum atomic E-state index is 11.0. The number of hydrogen-bond donors (Lipinski definition) is 2. The van der Waals surface area contributed by atoms with Gasteiger partial charge in [0.1, 0.15) is 17.3 Å². The second-order valence-corrected chi connectivity index (χ2v) is 4.42. The van der Waals surface area contributed by atoms with Gasteiger partial charge in [-0.2, -0.15) is 0 Å². The standard InChI is InChI=1S/C15H18N2O3/c1-2-16-12(15(18)19)8-10-20-13-7-3-5-11-6-4-9-17-14(11)13/h3-7,9,12,16H,2,8,10H2,1H3,(H,18,19). The molecular weight excluding hydrogens is 256 g/mol. The van der Waals surface area contributed by atoms with Crippen molar-refractivity contribution in [3.8, 4) is 5.75 Å². The van der Waals surface area contributed by atoms with E-state index in [9.17, 15) is 4.79 Å². The van der Waals surface area contributed by atoms with Crippen LogP contribution in [0.2, 0.25) is 0 Å². The lowest BCUT2D eigenvalue weighted by Gasteiger charge is -2.14. The fraction of sp³-hybridized carbons (Fsp3) is 0.333. The molecule has 0 aliphatic heterocycles. The summed E-state index contributed by atoms with van der Waals surface area (Å²) in [6, 6.07) is 8.97. The van der Waals surface area contributed by atoms with Gasteiger partial charge >= 0.3 is 5.97 Å². The molecule has 0 fully saturated rings. The molecule has 0 spiro atoms. The van der Waals surface area contributed by atoms with Crippen molar-refractivity contribution in [2.75, 3.05) is 13.2 Å². The Morgan fingerprint density at radius 3 is 2.95 bits per heavy atom. The van der Waals surface area contributed by atoms with Gasteiger partial charge in [0.15, 0.2) is 0 Å². The van der Waals surface area contributed by atoms with E-state index in [2.05, 4.69) is 10.3 Å². The lowest BCUT2D eigenvalue weighted by molar-refractivity contribution is -0.139. The van der Waals surface area contributed by atoms with E-state index in [0.29, 0.717) is 25.3 Å². The quantitative estimate of drug-likeness (QED) is 0.808. The van der Waals surface area contributed by atoms with Crippen molar-refractivity contribution in [3.63, 3.8) is 0 Å². The minimum absolute atomic E-state index is 0.333. The van der Waals surface area contributed by atoms with Crippen LogP contribution in [0.15, 0.2) is 36.5 Å². The number of ether oxygens (including phenoxy) is 1. The van der Waals surface area contributed by atoms with Gasteiger partial charge in [0, 0.05) is 18.0 Å². The van der Waals surface area contributed by atoms with Gasteiger partial charge in [-0.1, -0.05) is 25.1 Å². The second kappa shape index (κ2) is 6.86. The molecule has 2 aromatic rings. The molecule has 0 aliphatic carbocycles. The molecular formula is C15H18N2O3. The SMILES string of the molecule is CCNC(CCOc1cccc2cccnc12)C(=O)O. The van der Waals surface area contributed by atoms with Gasteiger partial charge in [-0.3, -0.25) is 9.78 Å². The van der Waals surface area contributed by atoms with Gasteiger partial charge < -0.3 is 15.2 Å². The Morgan fingerprint density at radius 2 is 2.20 bits per heavy atom. The zero-order valence-electron chi connectivity index (χ0n) is 11.4. The molecule has 1 atom stereocenters. The number of carboxylic acid groups (broad SMARTS) is 1. The minimum Gasteiger partial charge on any atom is -0.491 e. The van der Waals surface area contributed by atoms with Crippen LogP contribution >= 0.6 is 0 Å². The van der Waals surface area contributed by atoms with Crippen LogP contribution in [0.25, 0.3) is 10.9 Å². The number of para-hydroxylation sites is 1. The third-order valence-corrected chi connectivity index (χ3v) is 3.01. The lowest BCUT2D eigenvalue weighted by atomic mass is 10.2. The first-order valence-corrected chi connectivity index (χ1v) is 6.65. The number of benzene rings is 1. The topological polar surface area (TPSA) is 71.5 Å². The zero-order chi connectivity index (χ0) is 14.4. The molecule has 1 aromatic carbocycles. The number of hydrogen-bond acceptors (Lipinski definition) is 4. The molecule has 0 saturated heterocycles. The maximum Gasteiger partial charge on any atom is 0.320 e. The molecule has 1 heterocycles. The highest BCUT2D eigenvalue weighted by Gasteiger charge is 2.15. The third kappa shape index (κ3) is 3.45. The molecule has 0 amide bonds. The van der Waals surface area contributed by atoms with E-state index >= 15 is 0 Å².